The first-order valence-electron chi connectivity index (χ1n) is 10.2. The molecule has 3 aromatic heterocycles. The molecule has 0 aliphatic carbocycles. The average Bonchev–Trinajstić information content (AvgIpc) is 3.22. The van der Waals surface area contributed by atoms with Gasteiger partial charge in [0.05, 0.1) is 28.2 Å². The lowest BCUT2D eigenvalue weighted by molar-refractivity contribution is -0.143. The number of hydrogen-bond acceptors (Lipinski definition) is 5. The summed E-state index contributed by atoms with van der Waals surface area (Å²) in [5, 5.41) is 11.4. The predicted molar refractivity (Wildman–Crippen MR) is 114 cm³/mol. The van der Waals surface area contributed by atoms with Gasteiger partial charge in [0, 0.05) is 18.0 Å². The van der Waals surface area contributed by atoms with Crippen LogP contribution in [0.3, 0.4) is 0 Å². The number of amides is 1. The number of nitriles is 1. The molecule has 1 amide bonds. The largest absolute Gasteiger partial charge is 0.416 e. The maximum absolute atomic E-state index is 13.2. The van der Waals surface area contributed by atoms with Gasteiger partial charge in [0.25, 0.3) is 5.91 Å². The molecule has 13 heteroatoms. The normalized spacial score (nSPS) is 12.8. The molecule has 4 rings (SSSR count). The molecule has 0 spiro atoms. The number of nitrogens with zero attached hydrogens (tertiary/aromatic N) is 5. The van der Waals surface area contributed by atoms with Crippen molar-refractivity contribution in [3.63, 3.8) is 0 Å². The van der Waals surface area contributed by atoms with E-state index in [0.717, 1.165) is 0 Å². The first-order valence-corrected chi connectivity index (χ1v) is 10.2. The molecule has 0 saturated heterocycles. The number of imidazole rings is 1. The molecule has 184 valence electrons. The first kappa shape index (κ1) is 24.6. The van der Waals surface area contributed by atoms with Crippen LogP contribution in [0.2, 0.25) is 0 Å². The lowest BCUT2D eigenvalue weighted by Crippen LogP contribution is -2.29. The second kappa shape index (κ2) is 8.95. The Morgan fingerprint density at radius 1 is 1.03 bits per heavy atom. The quantitative estimate of drug-likeness (QED) is 0.385. The zero-order valence-electron chi connectivity index (χ0n) is 18.2. The molecule has 0 aliphatic heterocycles. The molecular weight excluding hydrogens is 490 g/mol. The van der Waals surface area contributed by atoms with E-state index in [2.05, 4.69) is 20.3 Å². The molecule has 0 radical (unpaired) electrons. The summed E-state index contributed by atoms with van der Waals surface area (Å²) in [6.07, 6.45) is -7.41. The average molecular weight is 504 g/mol. The Morgan fingerprint density at radius 3 is 2.25 bits per heavy atom. The molecule has 0 aliphatic rings. The number of pyridine rings is 2. The van der Waals surface area contributed by atoms with Crippen molar-refractivity contribution >= 4 is 17.1 Å². The second-order valence-electron chi connectivity index (χ2n) is 7.66. The fraction of sp³-hybridized carbons (Fsp3) is 0.174. The van der Waals surface area contributed by atoms with Crippen LogP contribution >= 0.6 is 0 Å². The fourth-order valence-corrected chi connectivity index (χ4v) is 3.48. The standard InChI is InChI=1S/C23H14F6N6O/c1-12(33-21(36)14-7-15(22(24,25)26)9-16(8-14)23(27,28)29)20-34-19-17(3-2-6-31-19)35(20)18-5-4-13(10-30)11-32-18/h2-9,11-12H,1H3,(H,33,36)/t12-/m0/s1. The summed E-state index contributed by atoms with van der Waals surface area (Å²) in [4.78, 5) is 25.5. The molecule has 0 fully saturated rings. The summed E-state index contributed by atoms with van der Waals surface area (Å²) in [5.41, 5.74) is -3.00. The predicted octanol–water partition coefficient (Wildman–Crippen LogP) is 5.22. The Labute approximate surface area is 199 Å². The van der Waals surface area contributed by atoms with Crippen molar-refractivity contribution in [3.8, 4) is 11.9 Å². The lowest BCUT2D eigenvalue weighted by Gasteiger charge is -2.17. The molecule has 7 nitrogen and oxygen atoms in total. The molecule has 1 aromatic carbocycles. The Morgan fingerprint density at radius 2 is 1.69 bits per heavy atom. The van der Waals surface area contributed by atoms with Crippen molar-refractivity contribution < 1.29 is 31.1 Å². The van der Waals surface area contributed by atoms with Crippen LogP contribution < -0.4 is 5.32 Å². The number of alkyl halides is 6. The van der Waals surface area contributed by atoms with Crippen molar-refractivity contribution in [2.45, 2.75) is 25.3 Å². The highest BCUT2D eigenvalue weighted by Crippen LogP contribution is 2.36. The van der Waals surface area contributed by atoms with Crippen molar-refractivity contribution in [1.82, 2.24) is 24.8 Å². The van der Waals surface area contributed by atoms with Gasteiger partial charge in [0.15, 0.2) is 5.65 Å². The van der Waals surface area contributed by atoms with E-state index in [0.29, 0.717) is 23.5 Å². The van der Waals surface area contributed by atoms with E-state index in [-0.39, 0.29) is 23.1 Å². The number of carbonyl (C=O) groups excluding carboxylic acids is 1. The number of benzene rings is 1. The number of fused-ring (bicyclic) bond motifs is 1. The van der Waals surface area contributed by atoms with Crippen LogP contribution in [-0.2, 0) is 12.4 Å². The lowest BCUT2D eigenvalue weighted by atomic mass is 10.0. The zero-order valence-corrected chi connectivity index (χ0v) is 18.2. The summed E-state index contributed by atoms with van der Waals surface area (Å²) in [6.45, 7) is 1.46. The van der Waals surface area contributed by atoms with Gasteiger partial charge in [-0.1, -0.05) is 0 Å². The molecule has 0 saturated carbocycles. The highest BCUT2D eigenvalue weighted by atomic mass is 19.4. The van der Waals surface area contributed by atoms with E-state index in [1.165, 1.54) is 36.0 Å². The monoisotopic (exact) mass is 504 g/mol. The maximum Gasteiger partial charge on any atom is 0.416 e. The van der Waals surface area contributed by atoms with E-state index >= 15 is 0 Å². The van der Waals surface area contributed by atoms with Gasteiger partial charge in [-0.3, -0.25) is 9.36 Å². The van der Waals surface area contributed by atoms with Gasteiger partial charge in [-0.2, -0.15) is 31.6 Å². The minimum atomic E-state index is -5.09. The smallest absolute Gasteiger partial charge is 0.342 e. The van der Waals surface area contributed by atoms with Gasteiger partial charge in [-0.25, -0.2) is 15.0 Å². The minimum absolute atomic E-state index is 0.0537. The van der Waals surface area contributed by atoms with Gasteiger partial charge >= 0.3 is 12.4 Å². The van der Waals surface area contributed by atoms with Crippen LogP contribution in [0.25, 0.3) is 17.0 Å². The van der Waals surface area contributed by atoms with Crippen LogP contribution in [0.15, 0.2) is 54.9 Å². The Balaban J connectivity index is 1.74. The molecule has 4 aromatic rings. The Bertz CT molecular complexity index is 1450. The highest BCUT2D eigenvalue weighted by Gasteiger charge is 2.37. The van der Waals surface area contributed by atoms with Crippen molar-refractivity contribution in [2.75, 3.05) is 0 Å². The second-order valence-corrected chi connectivity index (χ2v) is 7.66. The number of nitrogens with one attached hydrogen (secondary N) is 1. The highest BCUT2D eigenvalue weighted by molar-refractivity contribution is 5.95. The molecular formula is C23H14F6N6O. The van der Waals surface area contributed by atoms with Gasteiger partial charge in [0.1, 0.15) is 17.7 Å². The molecule has 36 heavy (non-hydrogen) atoms. The van der Waals surface area contributed by atoms with Crippen molar-refractivity contribution in [1.29, 1.82) is 5.26 Å². The number of carbonyl (C=O) groups is 1. The molecule has 0 bridgehead atoms. The minimum Gasteiger partial charge on any atom is -0.342 e. The van der Waals surface area contributed by atoms with Crippen LogP contribution in [-0.4, -0.2) is 25.4 Å². The summed E-state index contributed by atoms with van der Waals surface area (Å²) >= 11 is 0. The van der Waals surface area contributed by atoms with Gasteiger partial charge in [-0.05, 0) is 49.4 Å². The molecule has 0 unspecified atom stereocenters. The SMILES string of the molecule is C[C@H](NC(=O)c1cc(C(F)(F)F)cc(C(F)(F)F)c1)c1nc2ncccc2n1-c1ccc(C#N)cn1. The maximum atomic E-state index is 13.2. The molecule has 1 N–H and O–H groups in total. The molecule has 3 heterocycles. The van der Waals surface area contributed by atoms with Crippen LogP contribution in [0.4, 0.5) is 26.3 Å². The third-order valence-electron chi connectivity index (χ3n) is 5.15. The molecule has 1 atom stereocenters. The summed E-state index contributed by atoms with van der Waals surface area (Å²) in [6, 6.07) is 7.89. The van der Waals surface area contributed by atoms with Crippen LogP contribution in [0, 0.1) is 11.3 Å². The van der Waals surface area contributed by atoms with E-state index in [1.54, 1.807) is 12.1 Å². The Kier molecular flexibility index (Phi) is 6.13. The number of hydrogen-bond donors (Lipinski definition) is 1. The first-order chi connectivity index (χ1) is 16.9. The number of halogens is 6. The zero-order chi connectivity index (χ0) is 26.3. The van der Waals surface area contributed by atoms with Crippen LogP contribution in [0.5, 0.6) is 0 Å². The third kappa shape index (κ3) is 4.83. The van der Waals surface area contributed by atoms with Crippen molar-refractivity contribution in [2.24, 2.45) is 0 Å². The summed E-state index contributed by atoms with van der Waals surface area (Å²) in [5.74, 6) is -0.699. The summed E-state index contributed by atoms with van der Waals surface area (Å²) in [7, 11) is 0. The topological polar surface area (TPSA) is 96.5 Å². The van der Waals surface area contributed by atoms with E-state index < -0.39 is 41.0 Å². The van der Waals surface area contributed by atoms with Crippen LogP contribution in [0.1, 0.15) is 45.8 Å². The van der Waals surface area contributed by atoms with E-state index in [4.69, 9.17) is 5.26 Å². The van der Waals surface area contributed by atoms with Crippen molar-refractivity contribution in [3.05, 3.63) is 82.9 Å². The van der Waals surface area contributed by atoms with Gasteiger partial charge < -0.3 is 5.32 Å². The van der Waals surface area contributed by atoms with E-state index in [1.807, 2.05) is 6.07 Å². The van der Waals surface area contributed by atoms with E-state index in [9.17, 15) is 31.1 Å². The fourth-order valence-electron chi connectivity index (χ4n) is 3.48. The Hall–Kier alpha value is -4.47. The van der Waals surface area contributed by atoms with Gasteiger partial charge in [-0.15, -0.1) is 0 Å². The number of rotatable bonds is 4. The summed E-state index contributed by atoms with van der Waals surface area (Å²) < 4.78 is 80.7. The third-order valence-corrected chi connectivity index (χ3v) is 5.15. The number of aromatic nitrogens is 4. The van der Waals surface area contributed by atoms with Gasteiger partial charge in [0.2, 0.25) is 0 Å².